The number of carbonyl (C=O) groups is 1. The Labute approximate surface area is 121 Å². The van der Waals surface area contributed by atoms with E-state index >= 15 is 0 Å². The van der Waals surface area contributed by atoms with Gasteiger partial charge in [0.05, 0.1) is 22.1 Å². The van der Waals surface area contributed by atoms with E-state index in [1.807, 2.05) is 6.07 Å². The van der Waals surface area contributed by atoms with Gasteiger partial charge < -0.3 is 16.6 Å². The Morgan fingerprint density at radius 3 is 2.90 bits per heavy atom. The van der Waals surface area contributed by atoms with Crippen molar-refractivity contribution in [1.29, 1.82) is 0 Å². The van der Waals surface area contributed by atoms with Gasteiger partial charge in [0.1, 0.15) is 4.60 Å². The lowest BCUT2D eigenvalue weighted by Crippen LogP contribution is -1.98. The van der Waals surface area contributed by atoms with E-state index in [4.69, 9.17) is 11.6 Å². The number of anilines is 1. The van der Waals surface area contributed by atoms with Crippen LogP contribution in [0.3, 0.4) is 0 Å². The van der Waals surface area contributed by atoms with E-state index < -0.39 is 5.91 Å². The molecule has 2 aromatic heterocycles. The van der Waals surface area contributed by atoms with Gasteiger partial charge in [-0.05, 0) is 40.2 Å². The van der Waals surface area contributed by atoms with Crippen LogP contribution in [0.4, 0.5) is 5.69 Å². The molecule has 20 heavy (non-hydrogen) atoms. The number of hydrogen-bond donors (Lipinski definition) is 3. The largest absolute Gasteiger partial charge is 0.399 e. The lowest BCUT2D eigenvalue weighted by molar-refractivity contribution is 0.0995. The molecular weight excluding hydrogens is 324 g/mol. The number of halogens is 1. The Morgan fingerprint density at radius 1 is 1.35 bits per heavy atom. The second-order valence-corrected chi connectivity index (χ2v) is 4.98. The maximum Gasteiger partial charge on any atom is 0.299 e. The molecule has 0 unspecified atom stereocenters. The van der Waals surface area contributed by atoms with E-state index in [2.05, 4.69) is 36.2 Å². The number of fused-ring (bicyclic) bond motifs is 3. The number of nitrogens with two attached hydrogens (primary N) is 2. The number of nitrogens with one attached hydrogen (secondary N) is 1. The molecule has 100 valence electrons. The first kappa shape index (κ1) is 12.5. The topological polar surface area (TPSA) is 123 Å². The van der Waals surface area contributed by atoms with Gasteiger partial charge in [0, 0.05) is 11.1 Å². The summed E-state index contributed by atoms with van der Waals surface area (Å²) in [6, 6.07) is 6.97. The summed E-state index contributed by atoms with van der Waals surface area (Å²) >= 11 is 3.28. The minimum atomic E-state index is -0.542. The number of hydrogen-bond acceptors (Lipinski definition) is 4. The van der Waals surface area contributed by atoms with Crippen LogP contribution >= 0.6 is 15.9 Å². The number of rotatable bonds is 1. The number of benzene rings is 1. The molecule has 0 aliphatic carbocycles. The number of nitrogens with zero attached hydrogens (tertiary/aromatic N) is 3. The monoisotopic (exact) mass is 332 g/mol. The van der Waals surface area contributed by atoms with E-state index in [0.29, 0.717) is 26.9 Å². The zero-order chi connectivity index (χ0) is 14.3. The van der Waals surface area contributed by atoms with Gasteiger partial charge in [0.15, 0.2) is 0 Å². The summed E-state index contributed by atoms with van der Waals surface area (Å²) in [5, 5.41) is 7.24. The number of H-pyrrole nitrogens is 1. The standard InChI is InChI=1S/C12H9BrN6O/c13-9-4-7(12(20)18-19-15)11-10(17-9)6-2-1-5(14)3-8(6)16-11/h1-4,16H,14H2,(H2,15,18,20). The maximum absolute atomic E-state index is 11.9. The summed E-state index contributed by atoms with van der Waals surface area (Å²) in [4.78, 5) is 19.4. The Kier molecular flexibility index (Phi) is 2.87. The lowest BCUT2D eigenvalue weighted by Gasteiger charge is -1.98. The van der Waals surface area contributed by atoms with Crippen LogP contribution in [0, 0.1) is 0 Å². The van der Waals surface area contributed by atoms with Crippen molar-refractivity contribution in [2.45, 2.75) is 0 Å². The van der Waals surface area contributed by atoms with Crippen molar-refractivity contribution in [3.05, 3.63) is 34.4 Å². The van der Waals surface area contributed by atoms with E-state index in [1.165, 1.54) is 0 Å². The van der Waals surface area contributed by atoms with Crippen LogP contribution in [0.1, 0.15) is 10.4 Å². The zero-order valence-electron chi connectivity index (χ0n) is 10.1. The molecule has 7 nitrogen and oxygen atoms in total. The summed E-state index contributed by atoms with van der Waals surface area (Å²) in [7, 11) is 0. The second kappa shape index (κ2) is 4.57. The van der Waals surface area contributed by atoms with Crippen LogP contribution in [-0.2, 0) is 0 Å². The van der Waals surface area contributed by atoms with E-state index in [9.17, 15) is 4.79 Å². The second-order valence-electron chi connectivity index (χ2n) is 4.17. The fraction of sp³-hybridized carbons (Fsp3) is 0. The van der Waals surface area contributed by atoms with Gasteiger partial charge in [-0.3, -0.25) is 4.79 Å². The number of aromatic nitrogens is 2. The molecule has 5 N–H and O–H groups in total. The van der Waals surface area contributed by atoms with Crippen LogP contribution in [0.15, 0.2) is 39.2 Å². The average molecular weight is 333 g/mol. The fourth-order valence-corrected chi connectivity index (χ4v) is 2.52. The van der Waals surface area contributed by atoms with Crippen molar-refractivity contribution in [2.24, 2.45) is 16.2 Å². The number of amides is 1. The normalized spacial score (nSPS) is 11.7. The van der Waals surface area contributed by atoms with Gasteiger partial charge in [0.2, 0.25) is 0 Å². The van der Waals surface area contributed by atoms with Gasteiger partial charge in [-0.2, -0.15) is 0 Å². The smallest absolute Gasteiger partial charge is 0.299 e. The number of pyridine rings is 1. The van der Waals surface area contributed by atoms with Crippen LogP contribution in [0.5, 0.6) is 0 Å². The van der Waals surface area contributed by atoms with Crippen LogP contribution in [0.2, 0.25) is 0 Å². The highest BCUT2D eigenvalue weighted by molar-refractivity contribution is 9.10. The quantitative estimate of drug-likeness (QED) is 0.208. The van der Waals surface area contributed by atoms with Gasteiger partial charge >= 0.3 is 0 Å². The highest BCUT2D eigenvalue weighted by Crippen LogP contribution is 2.29. The van der Waals surface area contributed by atoms with Gasteiger partial charge in [-0.1, -0.05) is 10.3 Å². The van der Waals surface area contributed by atoms with Crippen molar-refractivity contribution in [3.8, 4) is 0 Å². The molecule has 0 bridgehead atoms. The molecule has 0 radical (unpaired) electrons. The van der Waals surface area contributed by atoms with Crippen molar-refractivity contribution >= 4 is 49.5 Å². The molecule has 8 heteroatoms. The molecule has 0 aliphatic heterocycles. The molecule has 0 aliphatic rings. The SMILES string of the molecule is NN=NC(=O)c1cc(Br)nc2c1[nH]c1cc(N)ccc12. The minimum Gasteiger partial charge on any atom is -0.399 e. The van der Waals surface area contributed by atoms with Gasteiger partial charge in [-0.15, -0.1) is 0 Å². The van der Waals surface area contributed by atoms with E-state index in [0.717, 1.165) is 10.9 Å². The highest BCUT2D eigenvalue weighted by Gasteiger charge is 2.16. The molecule has 2 heterocycles. The summed E-state index contributed by atoms with van der Waals surface area (Å²) in [5.41, 5.74) is 8.74. The predicted molar refractivity (Wildman–Crippen MR) is 79.1 cm³/mol. The van der Waals surface area contributed by atoms with Crippen LogP contribution in [0.25, 0.3) is 21.9 Å². The van der Waals surface area contributed by atoms with Crippen LogP contribution in [-0.4, -0.2) is 15.9 Å². The van der Waals surface area contributed by atoms with Crippen molar-refractivity contribution in [1.82, 2.24) is 9.97 Å². The molecule has 1 amide bonds. The third kappa shape index (κ3) is 1.90. The van der Waals surface area contributed by atoms with Crippen LogP contribution < -0.4 is 11.6 Å². The molecule has 3 rings (SSSR count). The van der Waals surface area contributed by atoms with E-state index in [-0.39, 0.29) is 0 Å². The molecule has 1 aromatic carbocycles. The third-order valence-corrected chi connectivity index (χ3v) is 3.33. The van der Waals surface area contributed by atoms with Crippen molar-refractivity contribution < 1.29 is 4.79 Å². The van der Waals surface area contributed by atoms with E-state index in [1.54, 1.807) is 18.2 Å². The van der Waals surface area contributed by atoms with Gasteiger partial charge in [0.25, 0.3) is 5.91 Å². The Hall–Kier alpha value is -2.48. The molecule has 0 spiro atoms. The predicted octanol–water partition coefficient (Wildman–Crippen LogP) is 2.53. The number of nitrogen functional groups attached to an aromatic ring is 1. The molecular formula is C12H9BrN6O. The Morgan fingerprint density at radius 2 is 2.15 bits per heavy atom. The average Bonchev–Trinajstić information content (AvgIpc) is 2.75. The molecule has 0 saturated carbocycles. The fourth-order valence-electron chi connectivity index (χ4n) is 2.12. The summed E-state index contributed by atoms with van der Waals surface area (Å²) in [6.07, 6.45) is 0. The highest BCUT2D eigenvalue weighted by atomic mass is 79.9. The Balaban J connectivity index is 2.41. The first-order valence-corrected chi connectivity index (χ1v) is 6.42. The number of carbonyl (C=O) groups excluding carboxylic acids is 1. The van der Waals surface area contributed by atoms with Crippen molar-refractivity contribution in [2.75, 3.05) is 5.73 Å². The summed E-state index contributed by atoms with van der Waals surface area (Å²) in [6.45, 7) is 0. The molecule has 3 aromatic rings. The maximum atomic E-state index is 11.9. The molecule has 0 atom stereocenters. The first-order valence-electron chi connectivity index (χ1n) is 5.63. The first-order chi connectivity index (χ1) is 9.60. The lowest BCUT2D eigenvalue weighted by atomic mass is 10.2. The third-order valence-electron chi connectivity index (χ3n) is 2.93. The Bertz CT molecular complexity index is 869. The zero-order valence-corrected chi connectivity index (χ0v) is 11.7. The summed E-state index contributed by atoms with van der Waals surface area (Å²) < 4.78 is 0.526. The summed E-state index contributed by atoms with van der Waals surface area (Å²) in [5.74, 6) is 4.39. The minimum absolute atomic E-state index is 0.339. The molecule has 0 fully saturated rings. The van der Waals surface area contributed by atoms with Gasteiger partial charge in [-0.25, -0.2) is 4.98 Å². The number of aromatic amines is 1. The molecule has 0 saturated heterocycles. The van der Waals surface area contributed by atoms with Crippen molar-refractivity contribution in [3.63, 3.8) is 0 Å².